The maximum absolute atomic E-state index is 13.2. The molecule has 1 aromatic heterocycles. The van der Waals surface area contributed by atoms with Gasteiger partial charge >= 0.3 is 6.18 Å². The van der Waals surface area contributed by atoms with E-state index in [9.17, 15) is 18.3 Å². The first-order chi connectivity index (χ1) is 17.5. The number of nitrogens with zero attached hydrogens (tertiary/aromatic N) is 1. The van der Waals surface area contributed by atoms with Crippen LogP contribution in [0.1, 0.15) is 118 Å². The van der Waals surface area contributed by atoms with Crippen LogP contribution in [0.2, 0.25) is 18.1 Å². The van der Waals surface area contributed by atoms with E-state index in [1.54, 1.807) is 0 Å². The molecule has 1 N–H and O–H groups in total. The highest BCUT2D eigenvalue weighted by Gasteiger charge is 2.48. The molecule has 2 aliphatic rings. The van der Waals surface area contributed by atoms with Crippen molar-refractivity contribution in [2.75, 3.05) is 0 Å². The monoisotopic (exact) mass is 659 g/mol. The smallest absolute Gasteiger partial charge is 0.410 e. The molecule has 1 aromatic carbocycles. The Balaban J connectivity index is 1.86. The minimum Gasteiger partial charge on any atom is -0.410 e. The molecule has 2 aliphatic carbocycles. The summed E-state index contributed by atoms with van der Waals surface area (Å²) in [5.41, 5.74) is 3.60. The molecule has 8 heteroatoms. The van der Waals surface area contributed by atoms with Crippen LogP contribution in [0.5, 0.6) is 0 Å². The molecule has 0 amide bonds. The van der Waals surface area contributed by atoms with Gasteiger partial charge in [0.2, 0.25) is 0 Å². The number of aliphatic hydroxyl groups is 1. The van der Waals surface area contributed by atoms with Gasteiger partial charge in [-0.2, -0.15) is 13.2 Å². The minimum atomic E-state index is -4.42. The summed E-state index contributed by atoms with van der Waals surface area (Å²) in [6, 6.07) is 4.84. The average molecular weight is 660 g/mol. The lowest BCUT2D eigenvalue weighted by Gasteiger charge is -2.46. The van der Waals surface area contributed by atoms with E-state index >= 15 is 0 Å². The Morgan fingerprint density at radius 3 is 2.16 bits per heavy atom. The highest BCUT2D eigenvalue weighted by molar-refractivity contribution is 14.1. The van der Waals surface area contributed by atoms with Gasteiger partial charge in [-0.05, 0) is 95.4 Å². The fourth-order valence-electron chi connectivity index (χ4n) is 5.89. The van der Waals surface area contributed by atoms with Gasteiger partial charge in [0.15, 0.2) is 8.32 Å². The zero-order chi connectivity index (χ0) is 28.3. The quantitative estimate of drug-likeness (QED) is 0.257. The van der Waals surface area contributed by atoms with Gasteiger partial charge in [-0.1, -0.05) is 59.6 Å². The highest BCUT2D eigenvalue weighted by Crippen LogP contribution is 2.55. The predicted octanol–water partition coefficient (Wildman–Crippen LogP) is 9.48. The number of halogens is 4. The Morgan fingerprint density at radius 1 is 1.08 bits per heavy atom. The first-order valence-corrected chi connectivity index (χ1v) is 17.7. The fraction of sp³-hybridized carbons (Fsp3) is 0.633. The number of benzene rings is 1. The number of pyridine rings is 1. The normalized spacial score (nSPS) is 20.7. The molecule has 2 atom stereocenters. The lowest BCUT2D eigenvalue weighted by Crippen LogP contribution is -2.44. The van der Waals surface area contributed by atoms with E-state index in [-0.39, 0.29) is 22.5 Å². The summed E-state index contributed by atoms with van der Waals surface area (Å²) in [6.45, 7) is 15.4. The highest BCUT2D eigenvalue weighted by atomic mass is 127. The van der Waals surface area contributed by atoms with Crippen LogP contribution in [0, 0.1) is 8.99 Å². The van der Waals surface area contributed by atoms with Crippen molar-refractivity contribution in [3.8, 4) is 0 Å². The van der Waals surface area contributed by atoms with Crippen LogP contribution in [0.25, 0.3) is 0 Å². The summed E-state index contributed by atoms with van der Waals surface area (Å²) >= 11 is 2.34. The number of rotatable bonds is 5. The zero-order valence-electron chi connectivity index (χ0n) is 23.6. The Bertz CT molecular complexity index is 1170. The third kappa shape index (κ3) is 5.74. The number of fused-ring (bicyclic) bond motifs is 1. The lowest BCUT2D eigenvalue weighted by atomic mass is 9.70. The Hall–Kier alpha value is -0.973. The number of aromatic nitrogens is 1. The molecule has 1 fully saturated rings. The van der Waals surface area contributed by atoms with Gasteiger partial charge in [0, 0.05) is 20.4 Å². The molecule has 1 heterocycles. The van der Waals surface area contributed by atoms with Crippen LogP contribution in [0.3, 0.4) is 0 Å². The summed E-state index contributed by atoms with van der Waals surface area (Å²) in [4.78, 5) is 5.23. The molecule has 0 radical (unpaired) electrons. The van der Waals surface area contributed by atoms with Crippen LogP contribution in [0.4, 0.5) is 13.2 Å². The van der Waals surface area contributed by atoms with Crippen LogP contribution < -0.4 is 0 Å². The van der Waals surface area contributed by atoms with Crippen molar-refractivity contribution in [3.63, 3.8) is 0 Å². The molecule has 0 saturated heterocycles. The first kappa shape index (κ1) is 30.0. The van der Waals surface area contributed by atoms with Gasteiger partial charge in [-0.3, -0.25) is 4.98 Å². The van der Waals surface area contributed by atoms with Gasteiger partial charge in [-0.25, -0.2) is 0 Å². The van der Waals surface area contributed by atoms with Crippen LogP contribution in [-0.2, 0) is 17.0 Å². The molecule has 1 saturated carbocycles. The molecule has 0 aliphatic heterocycles. The van der Waals surface area contributed by atoms with Crippen molar-refractivity contribution in [3.05, 3.63) is 61.5 Å². The molecular formula is C30H41F3INO2Si. The number of hydrogen-bond acceptors (Lipinski definition) is 3. The third-order valence-corrected chi connectivity index (χ3v) is 14.7. The predicted molar refractivity (Wildman–Crippen MR) is 157 cm³/mol. The summed E-state index contributed by atoms with van der Waals surface area (Å²) in [5.74, 6) is 0.0501. The molecule has 2 aromatic rings. The molecule has 4 rings (SSSR count). The minimum absolute atomic E-state index is 0.0484. The second-order valence-corrected chi connectivity index (χ2v) is 19.1. The van der Waals surface area contributed by atoms with Crippen molar-refractivity contribution in [1.29, 1.82) is 0 Å². The zero-order valence-corrected chi connectivity index (χ0v) is 26.8. The van der Waals surface area contributed by atoms with E-state index in [0.29, 0.717) is 11.1 Å². The van der Waals surface area contributed by atoms with Crippen molar-refractivity contribution in [2.45, 2.75) is 116 Å². The number of aliphatic hydroxyl groups excluding tert-OH is 1. The number of alkyl halides is 3. The van der Waals surface area contributed by atoms with Crippen LogP contribution in [-0.4, -0.2) is 18.4 Å². The summed E-state index contributed by atoms with van der Waals surface area (Å²) in [5, 5.41) is 11.6. The van der Waals surface area contributed by atoms with Crippen molar-refractivity contribution in [1.82, 2.24) is 4.98 Å². The molecule has 38 heavy (non-hydrogen) atoms. The Kier molecular flexibility index (Phi) is 8.25. The topological polar surface area (TPSA) is 42.4 Å². The Labute approximate surface area is 240 Å². The largest absolute Gasteiger partial charge is 0.416 e. The molecule has 1 spiro atoms. The summed E-state index contributed by atoms with van der Waals surface area (Å²) in [7, 11) is -2.12. The van der Waals surface area contributed by atoms with E-state index in [2.05, 4.69) is 70.3 Å². The number of hydrogen-bond donors (Lipinski definition) is 1. The first-order valence-electron chi connectivity index (χ1n) is 13.7. The van der Waals surface area contributed by atoms with Crippen LogP contribution in [0.15, 0.2) is 24.3 Å². The van der Waals surface area contributed by atoms with E-state index < -0.39 is 26.2 Å². The van der Waals surface area contributed by atoms with Crippen LogP contribution >= 0.6 is 22.6 Å². The summed E-state index contributed by atoms with van der Waals surface area (Å²) in [6.07, 6.45) is 1.14. The van der Waals surface area contributed by atoms with Crippen molar-refractivity contribution < 1.29 is 22.7 Å². The SMILES string of the molecule is CC(C)c1nc2c(c(I)c1[C@@H](O)c1ccc(C(F)(F)F)cc1)[C@@H](O[Si](C)(C)C(C)(C)C)CC1(CCCC1)C2. The summed E-state index contributed by atoms with van der Waals surface area (Å²) < 4.78 is 47.6. The maximum atomic E-state index is 13.2. The van der Waals surface area contributed by atoms with Gasteiger partial charge in [0.05, 0.1) is 17.4 Å². The van der Waals surface area contributed by atoms with Gasteiger partial charge < -0.3 is 9.53 Å². The van der Waals surface area contributed by atoms with E-state index in [0.717, 1.165) is 45.5 Å². The van der Waals surface area contributed by atoms with E-state index in [4.69, 9.17) is 9.41 Å². The van der Waals surface area contributed by atoms with Gasteiger partial charge in [-0.15, -0.1) is 0 Å². The van der Waals surface area contributed by atoms with Crippen molar-refractivity contribution in [2.24, 2.45) is 5.41 Å². The fourth-order valence-corrected chi connectivity index (χ4v) is 8.39. The lowest BCUT2D eigenvalue weighted by molar-refractivity contribution is -0.137. The van der Waals surface area contributed by atoms with E-state index in [1.807, 2.05) is 0 Å². The molecule has 0 unspecified atom stereocenters. The Morgan fingerprint density at radius 2 is 1.66 bits per heavy atom. The van der Waals surface area contributed by atoms with Gasteiger partial charge in [0.1, 0.15) is 6.10 Å². The molecule has 3 nitrogen and oxygen atoms in total. The second-order valence-electron chi connectivity index (χ2n) is 13.2. The molecule has 210 valence electrons. The average Bonchev–Trinajstić information content (AvgIpc) is 3.23. The molecular weight excluding hydrogens is 618 g/mol. The van der Waals surface area contributed by atoms with Crippen molar-refractivity contribution >= 4 is 30.9 Å². The maximum Gasteiger partial charge on any atom is 0.416 e. The van der Waals surface area contributed by atoms with E-state index in [1.165, 1.54) is 37.8 Å². The second kappa shape index (κ2) is 10.5. The molecule has 0 bridgehead atoms. The standard InChI is InChI=1S/C30H41F3INO2Si/c1-18(2)26-24(27(36)19-10-12-20(13-11-19)30(31,32)33)25(34)23-21(35-26)16-29(14-8-9-15-29)17-22(23)37-38(6,7)28(3,4)5/h10-13,18,22,27,36H,8-9,14-17H2,1-7H3/t22-,27-/m0/s1. The third-order valence-electron chi connectivity index (χ3n) is 9.08. The van der Waals surface area contributed by atoms with Gasteiger partial charge in [0.25, 0.3) is 0 Å².